The van der Waals surface area contributed by atoms with Gasteiger partial charge in [0.25, 0.3) is 0 Å². The smallest absolute Gasteiger partial charge is 0.180 e. The molecule has 0 aromatic heterocycles. The van der Waals surface area contributed by atoms with E-state index in [0.29, 0.717) is 23.5 Å². The van der Waals surface area contributed by atoms with E-state index in [1.165, 1.54) is 0 Å². The van der Waals surface area contributed by atoms with Gasteiger partial charge in [-0.05, 0) is 37.8 Å². The first-order valence-corrected chi connectivity index (χ1v) is 8.48. The summed E-state index contributed by atoms with van der Waals surface area (Å²) in [6.45, 7) is 2.41. The average Bonchev–Trinajstić information content (AvgIpc) is 2.34. The van der Waals surface area contributed by atoms with Crippen LogP contribution in [0.15, 0.2) is 29.2 Å². The van der Waals surface area contributed by atoms with Gasteiger partial charge >= 0.3 is 0 Å². The van der Waals surface area contributed by atoms with Crippen LogP contribution in [0.5, 0.6) is 0 Å². The second-order valence-electron chi connectivity index (χ2n) is 5.28. The normalized spacial score (nSPS) is 17.8. The van der Waals surface area contributed by atoms with Crippen LogP contribution in [-0.4, -0.2) is 26.3 Å². The van der Waals surface area contributed by atoms with Crippen molar-refractivity contribution in [3.63, 3.8) is 0 Å². The molecule has 19 heavy (non-hydrogen) atoms. The maximum Gasteiger partial charge on any atom is 0.180 e. The van der Waals surface area contributed by atoms with Crippen LogP contribution in [0.2, 0.25) is 0 Å². The van der Waals surface area contributed by atoms with E-state index < -0.39 is 9.84 Å². The summed E-state index contributed by atoms with van der Waals surface area (Å²) in [6, 6.07) is 7.13. The molecule has 1 aliphatic carbocycles. The molecule has 1 fully saturated rings. The van der Waals surface area contributed by atoms with Gasteiger partial charge in [-0.15, -0.1) is 0 Å². The maximum atomic E-state index is 12.3. The highest BCUT2D eigenvalue weighted by molar-refractivity contribution is 7.91. The molecule has 1 aliphatic rings. The number of anilines is 1. The van der Waals surface area contributed by atoms with Crippen molar-refractivity contribution in [2.45, 2.75) is 43.0 Å². The molecular weight excluding hydrogens is 260 g/mol. The standard InChI is InChI=1S/C14H22N2O2S/c1-2-10-19(17,18)13-7-4-3-6-12(13)16-14(11-15)8-5-9-14/h3-4,6-7,16H,2,5,8-11,15H2,1H3. The average molecular weight is 282 g/mol. The molecule has 1 aromatic rings. The Bertz CT molecular complexity index is 531. The molecule has 0 heterocycles. The zero-order chi connectivity index (χ0) is 13.9. The summed E-state index contributed by atoms with van der Waals surface area (Å²) in [5.41, 5.74) is 6.40. The van der Waals surface area contributed by atoms with Gasteiger partial charge in [0.15, 0.2) is 9.84 Å². The molecule has 0 unspecified atom stereocenters. The first kappa shape index (κ1) is 14.3. The van der Waals surface area contributed by atoms with E-state index in [2.05, 4.69) is 5.32 Å². The number of benzene rings is 1. The van der Waals surface area contributed by atoms with Gasteiger partial charge in [0.05, 0.1) is 16.3 Å². The molecule has 4 nitrogen and oxygen atoms in total. The molecule has 3 N–H and O–H groups in total. The second-order valence-corrected chi connectivity index (χ2v) is 7.36. The summed E-state index contributed by atoms with van der Waals surface area (Å²) in [6.07, 6.45) is 3.78. The van der Waals surface area contributed by atoms with Crippen LogP contribution in [0.1, 0.15) is 32.6 Å². The molecule has 106 valence electrons. The summed E-state index contributed by atoms with van der Waals surface area (Å²) < 4.78 is 24.5. The van der Waals surface area contributed by atoms with Gasteiger partial charge in [0, 0.05) is 12.1 Å². The molecule has 0 atom stereocenters. The van der Waals surface area contributed by atoms with Crippen molar-refractivity contribution in [2.24, 2.45) is 5.73 Å². The summed E-state index contributed by atoms with van der Waals surface area (Å²) in [5, 5.41) is 3.37. The van der Waals surface area contributed by atoms with Crippen molar-refractivity contribution in [1.82, 2.24) is 0 Å². The monoisotopic (exact) mass is 282 g/mol. The first-order chi connectivity index (χ1) is 9.03. The zero-order valence-corrected chi connectivity index (χ0v) is 12.2. The SMILES string of the molecule is CCCS(=O)(=O)c1ccccc1NC1(CN)CCC1. The highest BCUT2D eigenvalue weighted by Crippen LogP contribution is 2.36. The Balaban J connectivity index is 2.31. The topological polar surface area (TPSA) is 72.2 Å². The predicted molar refractivity (Wildman–Crippen MR) is 78.0 cm³/mol. The van der Waals surface area contributed by atoms with Gasteiger partial charge in [-0.1, -0.05) is 19.1 Å². The third-order valence-electron chi connectivity index (χ3n) is 3.80. The lowest BCUT2D eigenvalue weighted by Gasteiger charge is -2.42. The number of sulfone groups is 1. The van der Waals surface area contributed by atoms with Crippen LogP contribution in [0, 0.1) is 0 Å². The van der Waals surface area contributed by atoms with Gasteiger partial charge in [0.2, 0.25) is 0 Å². The van der Waals surface area contributed by atoms with Crippen molar-refractivity contribution in [2.75, 3.05) is 17.6 Å². The molecule has 1 saturated carbocycles. The number of rotatable bonds is 6. The number of nitrogens with one attached hydrogen (secondary N) is 1. The first-order valence-electron chi connectivity index (χ1n) is 6.83. The number of hydrogen-bond acceptors (Lipinski definition) is 4. The van der Waals surface area contributed by atoms with E-state index in [1.54, 1.807) is 12.1 Å². The number of para-hydroxylation sites is 1. The highest BCUT2D eigenvalue weighted by Gasteiger charge is 2.36. The third kappa shape index (κ3) is 2.92. The molecule has 5 heteroatoms. The Labute approximate surface area is 115 Å². The van der Waals surface area contributed by atoms with Crippen LogP contribution in [0.3, 0.4) is 0 Å². The van der Waals surface area contributed by atoms with E-state index in [9.17, 15) is 8.42 Å². The summed E-state index contributed by atoms with van der Waals surface area (Å²) >= 11 is 0. The molecular formula is C14H22N2O2S. The van der Waals surface area contributed by atoms with Crippen molar-refractivity contribution in [3.05, 3.63) is 24.3 Å². The molecule has 0 radical (unpaired) electrons. The van der Waals surface area contributed by atoms with Gasteiger partial charge in [0.1, 0.15) is 0 Å². The maximum absolute atomic E-state index is 12.3. The lowest BCUT2D eigenvalue weighted by molar-refractivity contribution is 0.287. The fourth-order valence-corrected chi connectivity index (χ4v) is 3.99. The summed E-state index contributed by atoms with van der Waals surface area (Å²) in [4.78, 5) is 0.400. The Morgan fingerprint density at radius 2 is 2.00 bits per heavy atom. The lowest BCUT2D eigenvalue weighted by Crippen LogP contribution is -2.51. The van der Waals surface area contributed by atoms with Gasteiger partial charge in [-0.25, -0.2) is 8.42 Å². The van der Waals surface area contributed by atoms with Crippen molar-refractivity contribution in [3.8, 4) is 0 Å². The van der Waals surface area contributed by atoms with Crippen molar-refractivity contribution >= 4 is 15.5 Å². The van der Waals surface area contributed by atoms with Gasteiger partial charge in [-0.3, -0.25) is 0 Å². The van der Waals surface area contributed by atoms with Gasteiger partial charge in [-0.2, -0.15) is 0 Å². The number of nitrogens with two attached hydrogens (primary N) is 1. The Morgan fingerprint density at radius 3 is 2.53 bits per heavy atom. The molecule has 0 saturated heterocycles. The quantitative estimate of drug-likeness (QED) is 0.838. The van der Waals surface area contributed by atoms with Crippen LogP contribution in [-0.2, 0) is 9.84 Å². The van der Waals surface area contributed by atoms with E-state index in [-0.39, 0.29) is 11.3 Å². The van der Waals surface area contributed by atoms with E-state index in [0.717, 1.165) is 19.3 Å². The number of hydrogen-bond donors (Lipinski definition) is 2. The fourth-order valence-electron chi connectivity index (χ4n) is 2.49. The Kier molecular flexibility index (Phi) is 4.16. The molecule has 0 bridgehead atoms. The highest BCUT2D eigenvalue weighted by atomic mass is 32.2. The lowest BCUT2D eigenvalue weighted by atomic mass is 9.76. The van der Waals surface area contributed by atoms with E-state index in [4.69, 9.17) is 5.73 Å². The largest absolute Gasteiger partial charge is 0.377 e. The predicted octanol–water partition coefficient (Wildman–Crippen LogP) is 2.16. The molecule has 2 rings (SSSR count). The van der Waals surface area contributed by atoms with Crippen LogP contribution in [0.4, 0.5) is 5.69 Å². The van der Waals surface area contributed by atoms with Crippen molar-refractivity contribution in [1.29, 1.82) is 0 Å². The van der Waals surface area contributed by atoms with Crippen LogP contribution < -0.4 is 11.1 Å². The van der Waals surface area contributed by atoms with Crippen LogP contribution in [0.25, 0.3) is 0 Å². The fraction of sp³-hybridized carbons (Fsp3) is 0.571. The third-order valence-corrected chi connectivity index (χ3v) is 5.77. The molecule has 0 spiro atoms. The Morgan fingerprint density at radius 1 is 1.32 bits per heavy atom. The summed E-state index contributed by atoms with van der Waals surface area (Å²) in [7, 11) is -3.21. The van der Waals surface area contributed by atoms with E-state index >= 15 is 0 Å². The van der Waals surface area contributed by atoms with E-state index in [1.807, 2.05) is 19.1 Å². The molecule has 1 aromatic carbocycles. The molecule has 0 aliphatic heterocycles. The molecule has 0 amide bonds. The minimum Gasteiger partial charge on any atom is -0.377 e. The Hall–Kier alpha value is -1.07. The van der Waals surface area contributed by atoms with Crippen LogP contribution >= 0.6 is 0 Å². The summed E-state index contributed by atoms with van der Waals surface area (Å²) in [5.74, 6) is 0.182. The minimum absolute atomic E-state index is 0.113. The van der Waals surface area contributed by atoms with Crippen molar-refractivity contribution < 1.29 is 8.42 Å². The minimum atomic E-state index is -3.21. The second kappa shape index (κ2) is 5.51. The zero-order valence-electron chi connectivity index (χ0n) is 11.4. The van der Waals surface area contributed by atoms with Gasteiger partial charge < -0.3 is 11.1 Å².